The Hall–Kier alpha value is -1.40. The Morgan fingerprint density at radius 3 is 1.22 bits per heavy atom. The number of hydrogen-bond donors (Lipinski definition) is 1. The van der Waals surface area contributed by atoms with Crippen molar-refractivity contribution in [2.24, 2.45) is 0 Å². The molecule has 0 aliphatic rings. The van der Waals surface area contributed by atoms with Gasteiger partial charge in [-0.3, -0.25) is 9.59 Å². The molecule has 0 fully saturated rings. The van der Waals surface area contributed by atoms with E-state index in [1.807, 2.05) is 0 Å². The highest BCUT2D eigenvalue weighted by Crippen LogP contribution is 2.19. The molecular weight excluding hydrogens is 671 g/mol. The summed E-state index contributed by atoms with van der Waals surface area (Å²) < 4.78 is 12.0. The van der Waals surface area contributed by atoms with Crippen LogP contribution in [0, 0.1) is 0 Å². The number of aliphatic hydroxyl groups is 1. The van der Waals surface area contributed by atoms with Crippen LogP contribution in [0.3, 0.4) is 0 Å². The summed E-state index contributed by atoms with van der Waals surface area (Å²) in [5.41, 5.74) is 0. The molecule has 1 atom stereocenters. The summed E-state index contributed by atoms with van der Waals surface area (Å²) >= 11 is 0. The molecule has 0 radical (unpaired) electrons. The van der Waals surface area contributed by atoms with Gasteiger partial charge in [0.25, 0.3) is 0 Å². The first-order valence-electron chi connectivity index (χ1n) is 23.9. The van der Waals surface area contributed by atoms with Crippen molar-refractivity contribution < 1.29 is 24.2 Å². The maximum Gasteiger partial charge on any atom is 0.306 e. The summed E-state index contributed by atoms with van der Waals surface area (Å²) in [4.78, 5) is 27.9. The molecule has 0 saturated carbocycles. The molecule has 0 rings (SSSR count). The molecule has 6 heteroatoms. The van der Waals surface area contributed by atoms with Gasteiger partial charge in [0.05, 0.1) is 6.61 Å². The molecule has 0 bridgehead atoms. The van der Waals surface area contributed by atoms with E-state index in [-0.39, 0.29) is 30.8 Å². The predicted octanol–water partition coefficient (Wildman–Crippen LogP) is 14.0. The topological polar surface area (TPSA) is 76.1 Å². The van der Waals surface area contributed by atoms with Gasteiger partial charge >= 0.3 is 11.9 Å². The van der Waals surface area contributed by atoms with Gasteiger partial charge in [-0.25, -0.2) is 0 Å². The molecule has 0 aliphatic carbocycles. The fraction of sp³-hybridized carbons (Fsp3) is 0.917. The van der Waals surface area contributed by atoms with Gasteiger partial charge in [-0.05, 0) is 103 Å². The van der Waals surface area contributed by atoms with E-state index in [4.69, 9.17) is 9.47 Å². The van der Waals surface area contributed by atoms with E-state index in [1.54, 1.807) is 0 Å². The van der Waals surface area contributed by atoms with Gasteiger partial charge in [-0.15, -0.1) is 0 Å². The zero-order valence-corrected chi connectivity index (χ0v) is 36.7. The van der Waals surface area contributed by atoms with Gasteiger partial charge in [0.1, 0.15) is 12.2 Å². The largest absolute Gasteiger partial charge is 0.462 e. The number of nitrogens with zero attached hydrogens (tertiary/aromatic N) is 1. The fourth-order valence-corrected chi connectivity index (χ4v) is 7.38. The van der Waals surface area contributed by atoms with E-state index in [1.165, 1.54) is 116 Å². The maximum atomic E-state index is 12.8. The highest BCUT2D eigenvalue weighted by molar-refractivity contribution is 5.69. The van der Waals surface area contributed by atoms with Crippen LogP contribution in [0.25, 0.3) is 0 Å². The number of esters is 2. The van der Waals surface area contributed by atoms with E-state index in [0.29, 0.717) is 19.4 Å². The molecule has 1 unspecified atom stereocenters. The minimum Gasteiger partial charge on any atom is -0.462 e. The van der Waals surface area contributed by atoms with Crippen molar-refractivity contribution >= 4 is 11.9 Å². The van der Waals surface area contributed by atoms with E-state index >= 15 is 0 Å². The molecule has 0 aromatic heterocycles. The minimum atomic E-state index is -0.0330. The molecule has 0 aromatic rings. The van der Waals surface area contributed by atoms with Crippen LogP contribution in [0.1, 0.15) is 246 Å². The van der Waals surface area contributed by atoms with Crippen molar-refractivity contribution in [1.82, 2.24) is 4.90 Å². The first kappa shape index (κ1) is 52.6. The predicted molar refractivity (Wildman–Crippen MR) is 232 cm³/mol. The second kappa shape index (κ2) is 42.7. The lowest BCUT2D eigenvalue weighted by Gasteiger charge is -2.21. The number of allylic oxidation sites excluding steroid dienone is 2. The Morgan fingerprint density at radius 1 is 0.444 bits per heavy atom. The Balaban J connectivity index is 4.41. The van der Waals surface area contributed by atoms with Crippen molar-refractivity contribution in [3.8, 4) is 0 Å². The van der Waals surface area contributed by atoms with Gasteiger partial charge in [0, 0.05) is 19.4 Å². The Kier molecular flexibility index (Phi) is 41.6. The van der Waals surface area contributed by atoms with E-state index < -0.39 is 0 Å². The molecule has 0 aliphatic heterocycles. The van der Waals surface area contributed by atoms with Crippen LogP contribution in [-0.4, -0.2) is 60.4 Å². The number of rotatable bonds is 43. The maximum absolute atomic E-state index is 12.8. The molecular formula is C48H93NO5. The van der Waals surface area contributed by atoms with Crippen LogP contribution in [0.2, 0.25) is 0 Å². The summed E-state index contributed by atoms with van der Waals surface area (Å²) in [6.45, 7) is 11.7. The molecule has 0 amide bonds. The number of unbranched alkanes of at least 4 members (excludes halogenated alkanes) is 21. The summed E-state index contributed by atoms with van der Waals surface area (Å²) in [5, 5.41) is 9.65. The summed E-state index contributed by atoms with van der Waals surface area (Å²) in [6.07, 6.45) is 42.8. The number of hydrogen-bond acceptors (Lipinski definition) is 6. The number of carbonyl (C=O) groups excluding carboxylic acids is 2. The van der Waals surface area contributed by atoms with Crippen molar-refractivity contribution in [3.05, 3.63) is 12.2 Å². The lowest BCUT2D eigenvalue weighted by molar-refractivity contribution is -0.151. The third-order valence-electron chi connectivity index (χ3n) is 10.9. The summed E-state index contributed by atoms with van der Waals surface area (Å²) in [7, 11) is 0. The van der Waals surface area contributed by atoms with Crippen molar-refractivity contribution in [2.45, 2.75) is 258 Å². The third-order valence-corrected chi connectivity index (χ3v) is 10.9. The minimum absolute atomic E-state index is 0.0176. The monoisotopic (exact) mass is 764 g/mol. The lowest BCUT2D eigenvalue weighted by Crippen LogP contribution is -2.29. The van der Waals surface area contributed by atoms with Crippen molar-refractivity contribution in [3.63, 3.8) is 0 Å². The fourth-order valence-electron chi connectivity index (χ4n) is 7.38. The molecule has 1 N–H and O–H groups in total. The normalized spacial score (nSPS) is 12.4. The van der Waals surface area contributed by atoms with Gasteiger partial charge in [0.15, 0.2) is 0 Å². The smallest absolute Gasteiger partial charge is 0.306 e. The first-order valence-corrected chi connectivity index (χ1v) is 23.9. The standard InChI is InChI=1S/C48H93NO5/c1-5-9-13-17-21-27-35-45(36-28-22-18-14-10-6-2)53-47(51)39-31-25-33-41-49(43-44-50)42-34-26-32-40-48(52)54-46(37-29-23-19-15-11-7-3)38-30-24-20-16-12-8-4/h13,17,45-46,50H,5-12,14-16,18-44H2,1-4H3/b17-13+. The van der Waals surface area contributed by atoms with Crippen LogP contribution in [-0.2, 0) is 19.1 Å². The average Bonchev–Trinajstić information content (AvgIpc) is 3.16. The average molecular weight is 764 g/mol. The molecule has 54 heavy (non-hydrogen) atoms. The number of carbonyl (C=O) groups is 2. The van der Waals surface area contributed by atoms with Crippen LogP contribution < -0.4 is 0 Å². The lowest BCUT2D eigenvalue weighted by atomic mass is 10.0. The van der Waals surface area contributed by atoms with Gasteiger partial charge in [-0.1, -0.05) is 155 Å². The Morgan fingerprint density at radius 2 is 0.815 bits per heavy atom. The van der Waals surface area contributed by atoms with Crippen LogP contribution >= 0.6 is 0 Å². The third kappa shape index (κ3) is 37.5. The van der Waals surface area contributed by atoms with Gasteiger partial charge in [0.2, 0.25) is 0 Å². The summed E-state index contributed by atoms with van der Waals surface area (Å²) in [6, 6.07) is 0. The number of aliphatic hydroxyl groups excluding tert-OH is 1. The van der Waals surface area contributed by atoms with E-state index in [2.05, 4.69) is 44.7 Å². The molecule has 0 heterocycles. The van der Waals surface area contributed by atoms with E-state index in [0.717, 1.165) is 103 Å². The highest BCUT2D eigenvalue weighted by atomic mass is 16.5. The molecule has 0 aromatic carbocycles. The number of ether oxygens (including phenoxy) is 2. The van der Waals surface area contributed by atoms with Gasteiger partial charge in [-0.2, -0.15) is 0 Å². The van der Waals surface area contributed by atoms with Crippen molar-refractivity contribution in [2.75, 3.05) is 26.2 Å². The Bertz CT molecular complexity index is 801. The molecule has 6 nitrogen and oxygen atoms in total. The van der Waals surface area contributed by atoms with Crippen LogP contribution in [0.15, 0.2) is 12.2 Å². The Labute approximate surface area is 336 Å². The highest BCUT2D eigenvalue weighted by Gasteiger charge is 2.16. The molecule has 320 valence electrons. The van der Waals surface area contributed by atoms with Crippen molar-refractivity contribution in [1.29, 1.82) is 0 Å². The second-order valence-electron chi connectivity index (χ2n) is 16.3. The first-order chi connectivity index (χ1) is 26.5. The SMILES string of the molecule is CCC/C=C/CCCC(CCCCCCCC)OC(=O)CCCCCN(CCO)CCCCCC(=O)OC(CCCCCCCC)CCCCCCCC. The molecule has 0 spiro atoms. The second-order valence-corrected chi connectivity index (χ2v) is 16.3. The zero-order valence-electron chi connectivity index (χ0n) is 36.7. The summed E-state index contributed by atoms with van der Waals surface area (Å²) in [5.74, 6) is -0.0506. The van der Waals surface area contributed by atoms with Gasteiger partial charge < -0.3 is 19.5 Å². The van der Waals surface area contributed by atoms with E-state index in [9.17, 15) is 14.7 Å². The zero-order chi connectivity index (χ0) is 39.6. The van der Waals surface area contributed by atoms with Crippen LogP contribution in [0.5, 0.6) is 0 Å². The van der Waals surface area contributed by atoms with Crippen LogP contribution in [0.4, 0.5) is 0 Å². The molecule has 0 saturated heterocycles. The quantitative estimate of drug-likeness (QED) is 0.0379.